The Morgan fingerprint density at radius 1 is 0.397 bits per heavy atom. The van der Waals surface area contributed by atoms with Gasteiger partial charge in [0.15, 0.2) is 46.4 Å². The average molecular weight is 1710 g/mol. The van der Waals surface area contributed by atoms with Crippen LogP contribution in [-0.2, 0) is 69.8 Å². The van der Waals surface area contributed by atoms with Gasteiger partial charge in [0.2, 0.25) is 0 Å². The molecule has 5 aliphatic heterocycles. The minimum Gasteiger partial charge on any atom is -0.490 e. The molecule has 126 heavy (non-hydrogen) atoms. The molecule has 31 heteroatoms. The third-order valence-corrected chi connectivity index (χ3v) is 23.6. The molecular formula is C95H116N24O7. The van der Waals surface area contributed by atoms with Gasteiger partial charge < -0.3 is 98.6 Å². The van der Waals surface area contributed by atoms with E-state index in [2.05, 4.69) is 174 Å². The van der Waals surface area contributed by atoms with Crippen molar-refractivity contribution < 1.29 is 33.2 Å². The summed E-state index contributed by atoms with van der Waals surface area (Å²) in [5.74, 6) is 4.83. The Labute approximate surface area is 736 Å². The van der Waals surface area contributed by atoms with E-state index in [0.29, 0.717) is 66.4 Å². The molecule has 0 bridgehead atoms. The van der Waals surface area contributed by atoms with Gasteiger partial charge in [-0.25, -0.2) is 59.8 Å². The standard InChI is InChI=1S/C26H32N6O3.C24H30N6O2.C23H28N6O.C22H26N6O/c1-16-11-18(12-19-14-32(2)8-4-21(16)19)22-13-30-25(28)26(31-22)34-15-17-3-7-29-24(27)23(17)35-20-5-9-33-10-6-20;1-5-31-21-19(15(3)10-27-22(21)25)13-32-24-23(26)28-11-20(29-24)16-8-14(2)18-6-7-30(4)12-17(18)9-16;1-13-7-16(8-17-12-29(4)6-5-18(13)17)20-11-27-22(25)23(28-20)30-15(3)19-9-21(24)26-10-14(19)2;1-13-8-16(9-17-12-28(3)7-5-18(13)17)19-11-26-21(24)22(27-19)29-14(2)15-4-6-25-20(23)10-15/h3,7,11-13,20H,4-6,8-10,14-15H2,1-2H3,(H2,27,29)(H2,28,30);8-11H,5-7,12-13H2,1-4H3,(H2,25,27)(H2,26,28);7-11,15H,5-6,12H2,1-4H3,(H2,24,26)(H2,25,27);4,6,8-11,14H,5,7,12H2,1-3H3,(H2,23,25)(H2,24,26). The number of aryl methyl sites for hydroxylation is 6. The Hall–Kier alpha value is -13.2. The summed E-state index contributed by atoms with van der Waals surface area (Å²) < 4.78 is 41.5. The molecule has 12 aromatic rings. The number of hydrogen-bond donors (Lipinski definition) is 8. The van der Waals surface area contributed by atoms with Crippen LogP contribution in [0, 0.1) is 41.5 Å². The van der Waals surface area contributed by atoms with Crippen LogP contribution in [0.3, 0.4) is 0 Å². The summed E-state index contributed by atoms with van der Waals surface area (Å²) in [5.41, 5.74) is 76.7. The van der Waals surface area contributed by atoms with Crippen molar-refractivity contribution in [2.75, 3.05) is 120 Å². The molecule has 8 aromatic heterocycles. The molecule has 2 unspecified atom stereocenters. The van der Waals surface area contributed by atoms with Crippen LogP contribution in [0.25, 0.3) is 45.0 Å². The zero-order valence-electron chi connectivity index (χ0n) is 74.3. The van der Waals surface area contributed by atoms with Gasteiger partial charge in [-0.3, -0.25) is 0 Å². The first-order valence-corrected chi connectivity index (χ1v) is 42.7. The summed E-state index contributed by atoms with van der Waals surface area (Å²) in [6.07, 6.45) is 18.9. The summed E-state index contributed by atoms with van der Waals surface area (Å²) >= 11 is 0. The number of hydrogen-bond acceptors (Lipinski definition) is 31. The van der Waals surface area contributed by atoms with E-state index in [0.717, 1.165) is 169 Å². The SMILES string of the molecule is CCOc1c(N)ncc(C)c1COc1nc(-c2cc(C)c3c(c2)CN(C)CC3)cnc1N.Cc1cc(-c2cnc(N)c(OC(C)c3ccnc(N)c3)n2)cc2c1CCN(C)C2.Cc1cc(-c2cnc(N)c(OCc3ccnc(N)c3OC3CCOCC3)n2)cc2c1CCN(C)C2.Cc1cnc(N)cc1C(C)Oc1nc(-c2cc(C)c3c(c2)CN(C)CC3)cnc1N. The van der Waals surface area contributed by atoms with Crippen LogP contribution in [0.5, 0.6) is 35.0 Å². The van der Waals surface area contributed by atoms with Crippen LogP contribution in [-0.4, -0.2) is 160 Å². The zero-order valence-corrected chi connectivity index (χ0v) is 74.3. The van der Waals surface area contributed by atoms with Crippen LogP contribution < -0.4 is 74.3 Å². The fraction of sp³-hybridized carbons (Fsp3) is 0.368. The van der Waals surface area contributed by atoms with Crippen molar-refractivity contribution in [3.05, 3.63) is 223 Å². The van der Waals surface area contributed by atoms with Crippen LogP contribution >= 0.6 is 0 Å². The molecule has 0 radical (unpaired) electrons. The lowest BCUT2D eigenvalue weighted by atomic mass is 9.92. The van der Waals surface area contributed by atoms with Crippen molar-refractivity contribution >= 4 is 46.5 Å². The lowest BCUT2D eigenvalue weighted by molar-refractivity contribution is 0.0250. The van der Waals surface area contributed by atoms with Crippen LogP contribution in [0.4, 0.5) is 46.5 Å². The van der Waals surface area contributed by atoms with Gasteiger partial charge in [0.25, 0.3) is 23.5 Å². The maximum absolute atomic E-state index is 6.18. The molecule has 0 amide bonds. The second-order valence-corrected chi connectivity index (χ2v) is 33.2. The van der Waals surface area contributed by atoms with Crippen molar-refractivity contribution in [2.45, 2.75) is 159 Å². The number of rotatable bonds is 20. The molecule has 1 fully saturated rings. The normalized spacial score (nSPS) is 15.1. The first-order valence-electron chi connectivity index (χ1n) is 42.7. The van der Waals surface area contributed by atoms with E-state index in [-0.39, 0.29) is 66.6 Å². The molecule has 2 atom stereocenters. The smallest absolute Gasteiger partial charge is 0.258 e. The summed E-state index contributed by atoms with van der Waals surface area (Å²) in [4.78, 5) is 61.9. The highest BCUT2D eigenvalue weighted by Gasteiger charge is 2.27. The maximum Gasteiger partial charge on any atom is 0.258 e. The predicted molar refractivity (Wildman–Crippen MR) is 493 cm³/mol. The zero-order chi connectivity index (χ0) is 89.1. The number of anilines is 8. The van der Waals surface area contributed by atoms with Gasteiger partial charge in [-0.05, 0) is 272 Å². The number of benzene rings is 4. The molecule has 17 rings (SSSR count). The van der Waals surface area contributed by atoms with Gasteiger partial charge in [-0.15, -0.1) is 0 Å². The fourth-order valence-corrected chi connectivity index (χ4v) is 16.6. The molecular weight excluding hydrogens is 1590 g/mol. The lowest BCUT2D eigenvalue weighted by Crippen LogP contribution is -2.27. The number of likely N-dealkylation sites (N-methyl/N-ethyl adjacent to an activating group) is 4. The van der Waals surface area contributed by atoms with Crippen molar-refractivity contribution in [3.8, 4) is 80.0 Å². The minimum absolute atomic E-state index is 0.0356. The fourth-order valence-electron chi connectivity index (χ4n) is 16.6. The highest BCUT2D eigenvalue weighted by atomic mass is 16.5. The Morgan fingerprint density at radius 3 is 1.23 bits per heavy atom. The van der Waals surface area contributed by atoms with E-state index in [1.54, 1.807) is 55.6 Å². The topological polar surface area (TPSA) is 440 Å². The van der Waals surface area contributed by atoms with E-state index in [4.69, 9.17) is 89.0 Å². The van der Waals surface area contributed by atoms with Crippen LogP contribution in [0.2, 0.25) is 0 Å². The monoisotopic (exact) mass is 1700 g/mol. The first kappa shape index (κ1) is 89.1. The molecule has 31 nitrogen and oxygen atoms in total. The molecule has 0 spiro atoms. The number of nitrogens with two attached hydrogens (primary N) is 8. The number of nitrogen functional groups attached to an aromatic ring is 8. The van der Waals surface area contributed by atoms with Gasteiger partial charge in [-0.2, -0.15) is 0 Å². The Bertz CT molecular complexity index is 5930. The third-order valence-electron chi connectivity index (χ3n) is 23.6. The summed E-state index contributed by atoms with van der Waals surface area (Å²) in [5, 5.41) is 0. The van der Waals surface area contributed by atoms with E-state index in [1.807, 2.05) is 52.8 Å². The number of ether oxygens (including phenoxy) is 7. The second kappa shape index (κ2) is 39.8. The van der Waals surface area contributed by atoms with E-state index >= 15 is 0 Å². The van der Waals surface area contributed by atoms with Crippen molar-refractivity contribution in [3.63, 3.8) is 0 Å². The molecule has 658 valence electrons. The third kappa shape index (κ3) is 21.4. The van der Waals surface area contributed by atoms with Gasteiger partial charge in [0.1, 0.15) is 43.2 Å². The van der Waals surface area contributed by atoms with Gasteiger partial charge in [-0.1, -0.05) is 0 Å². The number of aromatic nitrogens is 12. The lowest BCUT2D eigenvalue weighted by Gasteiger charge is -2.27. The first-order chi connectivity index (χ1) is 60.6. The number of fused-ring (bicyclic) bond motifs is 4. The quantitative estimate of drug-likeness (QED) is 0.0351. The van der Waals surface area contributed by atoms with Crippen LogP contribution in [0.1, 0.15) is 146 Å². The van der Waals surface area contributed by atoms with Crippen molar-refractivity contribution in [1.29, 1.82) is 0 Å². The van der Waals surface area contributed by atoms with E-state index < -0.39 is 0 Å². The predicted octanol–water partition coefficient (Wildman–Crippen LogP) is 13.0. The summed E-state index contributed by atoms with van der Waals surface area (Å²) in [6, 6.07) is 24.8. The molecule has 0 saturated carbocycles. The van der Waals surface area contributed by atoms with Gasteiger partial charge >= 0.3 is 0 Å². The number of pyridine rings is 4. The Morgan fingerprint density at radius 2 is 0.786 bits per heavy atom. The molecule has 0 aliphatic carbocycles. The molecule has 16 N–H and O–H groups in total. The van der Waals surface area contributed by atoms with E-state index in [1.165, 1.54) is 66.8 Å². The highest BCUT2D eigenvalue weighted by molar-refractivity contribution is 5.69. The Kier molecular flexibility index (Phi) is 28.1. The molecule has 5 aliphatic rings. The number of nitrogens with zero attached hydrogens (tertiary/aromatic N) is 16. The second-order valence-electron chi connectivity index (χ2n) is 33.2. The molecule has 1 saturated heterocycles. The average Bonchev–Trinajstić information content (AvgIpc) is 0.799. The van der Waals surface area contributed by atoms with Crippen molar-refractivity contribution in [1.82, 2.24) is 79.4 Å². The van der Waals surface area contributed by atoms with Gasteiger partial charge in [0, 0.05) is 129 Å². The van der Waals surface area contributed by atoms with Crippen molar-refractivity contribution in [2.24, 2.45) is 0 Å². The minimum atomic E-state index is -0.291. The van der Waals surface area contributed by atoms with Crippen LogP contribution in [0.15, 0.2) is 122 Å². The highest BCUT2D eigenvalue weighted by Crippen LogP contribution is 2.39. The molecule has 13 heterocycles. The van der Waals surface area contributed by atoms with Gasteiger partial charge in [0.05, 0.1) is 67.4 Å². The molecule has 4 aromatic carbocycles. The largest absolute Gasteiger partial charge is 0.490 e. The Balaban J connectivity index is 0.000000137. The van der Waals surface area contributed by atoms with E-state index in [9.17, 15) is 0 Å². The summed E-state index contributed by atoms with van der Waals surface area (Å²) in [7, 11) is 8.58. The maximum atomic E-state index is 6.18. The summed E-state index contributed by atoms with van der Waals surface area (Å²) in [6.45, 7) is 28.6.